The lowest BCUT2D eigenvalue weighted by Crippen LogP contribution is -2.38. The molecule has 0 saturated carbocycles. The molecule has 0 bridgehead atoms. The van der Waals surface area contributed by atoms with E-state index >= 15 is 0 Å². The number of aryl methyl sites for hydroxylation is 1. The number of amides is 1. The van der Waals surface area contributed by atoms with Crippen LogP contribution < -0.4 is 5.73 Å². The van der Waals surface area contributed by atoms with E-state index in [1.165, 1.54) is 4.90 Å². The summed E-state index contributed by atoms with van der Waals surface area (Å²) in [5, 5.41) is 0. The van der Waals surface area contributed by atoms with Crippen LogP contribution in [0.3, 0.4) is 0 Å². The maximum Gasteiger partial charge on any atom is 0.254 e. The Morgan fingerprint density at radius 3 is 2.68 bits per heavy atom. The number of hydrogen-bond donors (Lipinski definition) is 1. The number of hydrogen-bond acceptors (Lipinski definition) is 4. The second-order valence-corrected chi connectivity index (χ2v) is 7.28. The first-order valence-electron chi connectivity index (χ1n) is 6.14. The van der Waals surface area contributed by atoms with Crippen molar-refractivity contribution in [3.05, 3.63) is 29.3 Å². The highest BCUT2D eigenvalue weighted by atomic mass is 32.2. The van der Waals surface area contributed by atoms with Crippen molar-refractivity contribution >= 4 is 21.4 Å². The summed E-state index contributed by atoms with van der Waals surface area (Å²) in [6.07, 6.45) is 0.506. The smallest absolute Gasteiger partial charge is 0.254 e. The maximum atomic E-state index is 12.4. The van der Waals surface area contributed by atoms with Gasteiger partial charge >= 0.3 is 0 Å². The molecule has 1 amide bonds. The largest absolute Gasteiger partial charge is 0.399 e. The zero-order valence-corrected chi connectivity index (χ0v) is 11.9. The van der Waals surface area contributed by atoms with Gasteiger partial charge in [0.25, 0.3) is 5.91 Å². The van der Waals surface area contributed by atoms with E-state index in [-0.39, 0.29) is 23.5 Å². The second kappa shape index (κ2) is 4.85. The molecule has 0 radical (unpaired) electrons. The van der Waals surface area contributed by atoms with Crippen LogP contribution in [0.25, 0.3) is 0 Å². The summed E-state index contributed by atoms with van der Waals surface area (Å²) in [6, 6.07) is 4.93. The lowest BCUT2D eigenvalue weighted by atomic mass is 10.1. The van der Waals surface area contributed by atoms with Crippen molar-refractivity contribution in [2.75, 3.05) is 24.3 Å². The average Bonchev–Trinajstić information content (AvgIpc) is 2.71. The normalized spacial score (nSPS) is 21.3. The number of rotatable bonds is 2. The molecular weight excluding hydrogens is 264 g/mol. The van der Waals surface area contributed by atoms with Crippen LogP contribution in [-0.2, 0) is 9.84 Å². The second-order valence-electron chi connectivity index (χ2n) is 5.05. The van der Waals surface area contributed by atoms with Crippen molar-refractivity contribution in [2.45, 2.75) is 19.4 Å². The number of sulfone groups is 1. The van der Waals surface area contributed by atoms with Gasteiger partial charge in [-0.15, -0.1) is 0 Å². The molecule has 1 aliphatic rings. The Morgan fingerprint density at radius 2 is 2.11 bits per heavy atom. The lowest BCUT2D eigenvalue weighted by molar-refractivity contribution is 0.0747. The van der Waals surface area contributed by atoms with Gasteiger partial charge in [-0.3, -0.25) is 4.79 Å². The van der Waals surface area contributed by atoms with Crippen LogP contribution in [0.15, 0.2) is 18.2 Å². The van der Waals surface area contributed by atoms with Gasteiger partial charge in [-0.1, -0.05) is 6.07 Å². The first-order chi connectivity index (χ1) is 8.80. The van der Waals surface area contributed by atoms with Crippen molar-refractivity contribution in [2.24, 2.45) is 0 Å². The van der Waals surface area contributed by atoms with Crippen molar-refractivity contribution < 1.29 is 13.2 Å². The summed E-state index contributed by atoms with van der Waals surface area (Å²) in [5.74, 6) is 0.0360. The lowest BCUT2D eigenvalue weighted by Gasteiger charge is -2.24. The van der Waals surface area contributed by atoms with Crippen molar-refractivity contribution in [1.29, 1.82) is 0 Å². The molecule has 1 fully saturated rings. The van der Waals surface area contributed by atoms with Gasteiger partial charge in [0, 0.05) is 24.3 Å². The monoisotopic (exact) mass is 282 g/mol. The highest BCUT2D eigenvalue weighted by Gasteiger charge is 2.33. The van der Waals surface area contributed by atoms with Gasteiger partial charge in [0.2, 0.25) is 0 Å². The molecule has 19 heavy (non-hydrogen) atoms. The molecule has 1 aliphatic heterocycles. The van der Waals surface area contributed by atoms with Gasteiger partial charge in [-0.05, 0) is 31.0 Å². The summed E-state index contributed by atoms with van der Waals surface area (Å²) >= 11 is 0. The van der Waals surface area contributed by atoms with E-state index < -0.39 is 9.84 Å². The van der Waals surface area contributed by atoms with E-state index in [0.717, 1.165) is 5.56 Å². The van der Waals surface area contributed by atoms with Crippen LogP contribution in [-0.4, -0.2) is 43.8 Å². The molecule has 6 heteroatoms. The average molecular weight is 282 g/mol. The van der Waals surface area contributed by atoms with Gasteiger partial charge in [-0.25, -0.2) is 8.42 Å². The number of carbonyl (C=O) groups excluding carboxylic acids is 1. The highest BCUT2D eigenvalue weighted by Crippen LogP contribution is 2.21. The number of nitrogens with two attached hydrogens (primary N) is 1. The highest BCUT2D eigenvalue weighted by molar-refractivity contribution is 7.91. The van der Waals surface area contributed by atoms with Crippen LogP contribution in [0.5, 0.6) is 0 Å². The van der Waals surface area contributed by atoms with Crippen LogP contribution in [0.2, 0.25) is 0 Å². The van der Waals surface area contributed by atoms with E-state index in [1.807, 2.05) is 6.92 Å². The zero-order valence-electron chi connectivity index (χ0n) is 11.1. The molecule has 2 rings (SSSR count). The molecule has 2 N–H and O–H groups in total. The Morgan fingerprint density at radius 1 is 1.42 bits per heavy atom. The van der Waals surface area contributed by atoms with Gasteiger partial charge in [0.05, 0.1) is 11.5 Å². The van der Waals surface area contributed by atoms with Crippen LogP contribution in [0.4, 0.5) is 5.69 Å². The third kappa shape index (κ3) is 2.89. The van der Waals surface area contributed by atoms with Crippen LogP contribution in [0.1, 0.15) is 22.3 Å². The Labute approximate surface area is 113 Å². The molecule has 1 aromatic rings. The summed E-state index contributed by atoms with van der Waals surface area (Å²) < 4.78 is 22.9. The first kappa shape index (κ1) is 13.9. The molecule has 104 valence electrons. The van der Waals surface area contributed by atoms with Crippen molar-refractivity contribution in [3.63, 3.8) is 0 Å². The maximum absolute atomic E-state index is 12.4. The number of nitrogens with zero attached hydrogens (tertiary/aromatic N) is 1. The zero-order chi connectivity index (χ0) is 14.2. The Kier molecular flexibility index (Phi) is 3.54. The van der Waals surface area contributed by atoms with Gasteiger partial charge in [-0.2, -0.15) is 0 Å². The predicted octanol–water partition coefficient (Wildman–Crippen LogP) is 0.836. The fourth-order valence-electron chi connectivity index (χ4n) is 2.31. The Balaban J connectivity index is 2.22. The third-order valence-corrected chi connectivity index (χ3v) is 5.32. The molecule has 1 aromatic carbocycles. The molecule has 0 aromatic heterocycles. The summed E-state index contributed by atoms with van der Waals surface area (Å²) in [7, 11) is -1.34. The third-order valence-electron chi connectivity index (χ3n) is 3.57. The molecular formula is C13H18N2O3S. The van der Waals surface area contributed by atoms with Crippen LogP contribution in [0, 0.1) is 6.92 Å². The SMILES string of the molecule is Cc1ccc(N)cc1C(=O)N(C)C1CCS(=O)(=O)C1. The molecule has 1 atom stereocenters. The van der Waals surface area contributed by atoms with E-state index in [0.29, 0.717) is 17.7 Å². The van der Waals surface area contributed by atoms with Crippen molar-refractivity contribution in [3.8, 4) is 0 Å². The Hall–Kier alpha value is -1.56. The number of carbonyl (C=O) groups is 1. The van der Waals surface area contributed by atoms with Gasteiger partial charge in [0.15, 0.2) is 9.84 Å². The molecule has 5 nitrogen and oxygen atoms in total. The number of anilines is 1. The number of nitrogen functional groups attached to an aromatic ring is 1. The van der Waals surface area contributed by atoms with Crippen molar-refractivity contribution in [1.82, 2.24) is 4.90 Å². The number of benzene rings is 1. The van der Waals surface area contributed by atoms with E-state index in [2.05, 4.69) is 0 Å². The summed E-state index contributed by atoms with van der Waals surface area (Å²) in [4.78, 5) is 13.9. The minimum absolute atomic E-state index is 0.0522. The molecule has 1 saturated heterocycles. The fourth-order valence-corrected chi connectivity index (χ4v) is 4.08. The quantitative estimate of drug-likeness (QED) is 0.815. The standard InChI is InChI=1S/C13H18N2O3S/c1-9-3-4-10(14)7-12(9)13(16)15(2)11-5-6-19(17,18)8-11/h3-4,7,11H,5-6,8,14H2,1-2H3. The predicted molar refractivity (Wildman–Crippen MR) is 74.7 cm³/mol. The molecule has 0 aliphatic carbocycles. The minimum atomic E-state index is -2.99. The fraction of sp³-hybridized carbons (Fsp3) is 0.462. The Bertz CT molecular complexity index is 610. The van der Waals surface area contributed by atoms with Gasteiger partial charge < -0.3 is 10.6 Å². The summed E-state index contributed by atoms with van der Waals surface area (Å²) in [5.41, 5.74) is 7.60. The minimum Gasteiger partial charge on any atom is -0.399 e. The van der Waals surface area contributed by atoms with E-state index in [9.17, 15) is 13.2 Å². The van der Waals surface area contributed by atoms with Gasteiger partial charge in [0.1, 0.15) is 0 Å². The summed E-state index contributed by atoms with van der Waals surface area (Å²) in [6.45, 7) is 1.84. The van der Waals surface area contributed by atoms with Crippen LogP contribution >= 0.6 is 0 Å². The molecule has 1 heterocycles. The van der Waals surface area contributed by atoms with E-state index in [4.69, 9.17) is 5.73 Å². The van der Waals surface area contributed by atoms with E-state index in [1.54, 1.807) is 25.2 Å². The molecule has 0 spiro atoms. The first-order valence-corrected chi connectivity index (χ1v) is 7.96. The molecule has 1 unspecified atom stereocenters. The topological polar surface area (TPSA) is 80.5 Å².